The summed E-state index contributed by atoms with van der Waals surface area (Å²) in [5, 5.41) is 6.68. The summed E-state index contributed by atoms with van der Waals surface area (Å²) in [6, 6.07) is 10.0. The molecule has 0 unspecified atom stereocenters. The summed E-state index contributed by atoms with van der Waals surface area (Å²) < 4.78 is 0. The molecule has 174 valence electrons. The SMILES string of the molecule is Cc1cc(Nc2ccc(NC(=O)C34CC5CC(CC(C5)C3)C4)cc2)nc(N2CCCCC2)n1. The van der Waals surface area contributed by atoms with E-state index >= 15 is 0 Å². The van der Waals surface area contributed by atoms with Crippen LogP contribution < -0.4 is 15.5 Å². The Bertz CT molecular complexity index is 992. The van der Waals surface area contributed by atoms with Gasteiger partial charge in [0.25, 0.3) is 0 Å². The molecule has 4 bridgehead atoms. The number of hydrogen-bond acceptors (Lipinski definition) is 5. The minimum Gasteiger partial charge on any atom is -0.341 e. The van der Waals surface area contributed by atoms with Crippen LogP contribution in [0.2, 0.25) is 0 Å². The van der Waals surface area contributed by atoms with Crippen molar-refractivity contribution in [1.82, 2.24) is 9.97 Å². The first-order valence-electron chi connectivity index (χ1n) is 12.8. The highest BCUT2D eigenvalue weighted by Crippen LogP contribution is 2.60. The normalized spacial score (nSPS) is 30.3. The number of aryl methyl sites for hydroxylation is 1. The Morgan fingerprint density at radius 2 is 1.52 bits per heavy atom. The number of hydrogen-bond donors (Lipinski definition) is 2. The van der Waals surface area contributed by atoms with E-state index in [9.17, 15) is 4.79 Å². The van der Waals surface area contributed by atoms with Gasteiger partial charge in [-0.2, -0.15) is 4.98 Å². The first-order chi connectivity index (χ1) is 16.0. The van der Waals surface area contributed by atoms with Crippen molar-refractivity contribution in [2.75, 3.05) is 28.6 Å². The third-order valence-electron chi connectivity index (χ3n) is 8.42. The molecular formula is C27H35N5O. The summed E-state index contributed by atoms with van der Waals surface area (Å²) in [5.41, 5.74) is 2.70. The average Bonchev–Trinajstić information content (AvgIpc) is 2.80. The standard InChI is InChI=1S/C27H35N5O/c1-18-11-24(31-26(28-18)32-9-3-2-4-10-32)29-22-5-7-23(8-6-22)30-25(33)27-15-19-12-20(16-27)14-21(13-19)17-27/h5-8,11,19-21H,2-4,9-10,12-17H2,1H3,(H,30,33)(H,28,29,31). The monoisotopic (exact) mass is 445 g/mol. The lowest BCUT2D eigenvalue weighted by Crippen LogP contribution is -2.51. The molecule has 33 heavy (non-hydrogen) atoms. The third-order valence-corrected chi connectivity index (χ3v) is 8.42. The Balaban J connectivity index is 1.12. The van der Waals surface area contributed by atoms with E-state index in [2.05, 4.69) is 20.5 Å². The van der Waals surface area contributed by atoms with E-state index in [1.165, 1.54) is 38.5 Å². The number of carbonyl (C=O) groups excluding carboxylic acids is 1. The molecule has 2 aromatic rings. The fourth-order valence-corrected chi connectivity index (χ4v) is 7.29. The first-order valence-corrected chi connectivity index (χ1v) is 12.8. The van der Waals surface area contributed by atoms with Crippen molar-refractivity contribution in [1.29, 1.82) is 0 Å². The highest BCUT2D eigenvalue weighted by molar-refractivity contribution is 5.95. The largest absolute Gasteiger partial charge is 0.341 e. The molecular weight excluding hydrogens is 410 g/mol. The molecule has 6 heteroatoms. The van der Waals surface area contributed by atoms with Crippen LogP contribution in [0.5, 0.6) is 0 Å². The number of nitrogens with one attached hydrogen (secondary N) is 2. The number of benzene rings is 1. The fraction of sp³-hybridized carbons (Fsp3) is 0.593. The number of rotatable bonds is 5. The van der Waals surface area contributed by atoms with Gasteiger partial charge >= 0.3 is 0 Å². The molecule has 5 fully saturated rings. The summed E-state index contributed by atoms with van der Waals surface area (Å²) in [5.74, 6) is 4.21. The number of anilines is 4. The second-order valence-electron chi connectivity index (χ2n) is 11.1. The number of nitrogens with zero attached hydrogens (tertiary/aromatic N) is 3. The number of aromatic nitrogens is 2. The molecule has 1 amide bonds. The van der Waals surface area contributed by atoms with Gasteiger partial charge in [-0.15, -0.1) is 0 Å². The van der Waals surface area contributed by atoms with Crippen molar-refractivity contribution in [3.8, 4) is 0 Å². The Morgan fingerprint density at radius 3 is 2.15 bits per heavy atom. The van der Waals surface area contributed by atoms with E-state index in [0.29, 0.717) is 0 Å². The quantitative estimate of drug-likeness (QED) is 0.620. The highest BCUT2D eigenvalue weighted by atomic mass is 16.2. The zero-order chi connectivity index (χ0) is 22.4. The Labute approximate surface area is 196 Å². The van der Waals surface area contributed by atoms with Crippen LogP contribution in [0.1, 0.15) is 63.5 Å². The number of carbonyl (C=O) groups is 1. The lowest BCUT2D eigenvalue weighted by molar-refractivity contribution is -0.140. The molecule has 1 saturated heterocycles. The van der Waals surface area contributed by atoms with Crippen molar-refractivity contribution in [2.24, 2.45) is 23.2 Å². The summed E-state index contributed by atoms with van der Waals surface area (Å²) in [6.45, 7) is 4.07. The average molecular weight is 446 g/mol. The first kappa shape index (κ1) is 20.9. The second kappa shape index (κ2) is 8.30. The summed E-state index contributed by atoms with van der Waals surface area (Å²) >= 11 is 0. The molecule has 1 aromatic carbocycles. The van der Waals surface area contributed by atoms with E-state index in [0.717, 1.165) is 78.9 Å². The topological polar surface area (TPSA) is 70.2 Å². The van der Waals surface area contributed by atoms with Crippen LogP contribution in [0.3, 0.4) is 0 Å². The van der Waals surface area contributed by atoms with Gasteiger partial charge < -0.3 is 15.5 Å². The van der Waals surface area contributed by atoms with Crippen molar-refractivity contribution in [2.45, 2.75) is 64.7 Å². The lowest BCUT2D eigenvalue weighted by atomic mass is 9.49. The fourth-order valence-electron chi connectivity index (χ4n) is 7.29. The van der Waals surface area contributed by atoms with Crippen molar-refractivity contribution >= 4 is 29.0 Å². The molecule has 2 heterocycles. The van der Waals surface area contributed by atoms with E-state index in [4.69, 9.17) is 4.98 Å². The van der Waals surface area contributed by atoms with Crippen LogP contribution in [0.25, 0.3) is 0 Å². The maximum Gasteiger partial charge on any atom is 0.230 e. The molecule has 5 aliphatic rings. The van der Waals surface area contributed by atoms with Crippen LogP contribution in [0.15, 0.2) is 30.3 Å². The predicted molar refractivity (Wildman–Crippen MR) is 132 cm³/mol. The summed E-state index contributed by atoms with van der Waals surface area (Å²) in [4.78, 5) is 25.0. The summed E-state index contributed by atoms with van der Waals surface area (Å²) in [6.07, 6.45) is 11.1. The molecule has 0 atom stereocenters. The van der Waals surface area contributed by atoms with Crippen molar-refractivity contribution in [3.05, 3.63) is 36.0 Å². The van der Waals surface area contributed by atoms with Gasteiger partial charge in [0.15, 0.2) is 0 Å². The van der Waals surface area contributed by atoms with Gasteiger partial charge in [-0.05, 0) is 107 Å². The smallest absolute Gasteiger partial charge is 0.230 e. The third kappa shape index (κ3) is 4.20. The number of piperidine rings is 1. The Morgan fingerprint density at radius 1 is 0.909 bits per heavy atom. The Hall–Kier alpha value is -2.63. The van der Waals surface area contributed by atoms with Crippen molar-refractivity contribution < 1.29 is 4.79 Å². The van der Waals surface area contributed by atoms with E-state index in [-0.39, 0.29) is 11.3 Å². The molecule has 0 radical (unpaired) electrons. The molecule has 1 aliphatic heterocycles. The molecule has 0 spiro atoms. The van der Waals surface area contributed by atoms with Crippen LogP contribution in [-0.4, -0.2) is 29.0 Å². The Kier molecular flexibility index (Phi) is 5.27. The maximum atomic E-state index is 13.3. The lowest BCUT2D eigenvalue weighted by Gasteiger charge is -2.55. The molecule has 6 nitrogen and oxygen atoms in total. The molecule has 7 rings (SSSR count). The zero-order valence-corrected chi connectivity index (χ0v) is 19.6. The van der Waals surface area contributed by atoms with Gasteiger partial charge in [0.05, 0.1) is 5.41 Å². The predicted octanol–water partition coefficient (Wildman–Crippen LogP) is 5.67. The van der Waals surface area contributed by atoms with Gasteiger partial charge in [0.2, 0.25) is 11.9 Å². The van der Waals surface area contributed by atoms with Crippen molar-refractivity contribution in [3.63, 3.8) is 0 Å². The summed E-state index contributed by atoms with van der Waals surface area (Å²) in [7, 11) is 0. The minimum atomic E-state index is -0.116. The molecule has 4 saturated carbocycles. The van der Waals surface area contributed by atoms with Crippen LogP contribution in [-0.2, 0) is 4.79 Å². The second-order valence-corrected chi connectivity index (χ2v) is 11.1. The van der Waals surface area contributed by atoms with E-state index in [1.54, 1.807) is 0 Å². The van der Waals surface area contributed by atoms with Gasteiger partial charge in [-0.3, -0.25) is 4.79 Å². The van der Waals surface area contributed by atoms with Crippen LogP contribution >= 0.6 is 0 Å². The number of amides is 1. The zero-order valence-electron chi connectivity index (χ0n) is 19.6. The van der Waals surface area contributed by atoms with E-state index < -0.39 is 0 Å². The van der Waals surface area contributed by atoms with E-state index in [1.807, 2.05) is 37.3 Å². The molecule has 1 aromatic heterocycles. The minimum absolute atomic E-state index is 0.116. The molecule has 4 aliphatic carbocycles. The van der Waals surface area contributed by atoms with Gasteiger partial charge in [-0.1, -0.05) is 0 Å². The highest BCUT2D eigenvalue weighted by Gasteiger charge is 2.54. The van der Waals surface area contributed by atoms with Gasteiger partial charge in [0.1, 0.15) is 5.82 Å². The van der Waals surface area contributed by atoms with Gasteiger partial charge in [0, 0.05) is 36.2 Å². The maximum absolute atomic E-state index is 13.3. The molecule has 2 N–H and O–H groups in total. The van der Waals surface area contributed by atoms with Gasteiger partial charge in [-0.25, -0.2) is 4.98 Å². The van der Waals surface area contributed by atoms with Crippen LogP contribution in [0, 0.1) is 30.1 Å². The van der Waals surface area contributed by atoms with Crippen LogP contribution in [0.4, 0.5) is 23.1 Å².